The second-order valence-corrected chi connectivity index (χ2v) is 6.14. The number of nitrogens with one attached hydrogen (secondary N) is 1. The fraction of sp³-hybridized carbons (Fsp3) is 1.00. The molecule has 1 N–H and O–H groups in total. The SMILES string of the molecule is CCNC(CCOCCOC)C1CCOC2(CCOC2)C1. The van der Waals surface area contributed by atoms with Crippen molar-refractivity contribution in [3.63, 3.8) is 0 Å². The maximum Gasteiger partial charge on any atom is 0.0939 e. The summed E-state index contributed by atoms with van der Waals surface area (Å²) >= 11 is 0. The standard InChI is InChI=1S/C16H31NO4/c1-3-17-15(5-7-19-11-10-18-2)14-4-8-21-16(12-14)6-9-20-13-16/h14-15,17H,3-13H2,1-2H3. The molecule has 2 saturated heterocycles. The highest BCUT2D eigenvalue weighted by Crippen LogP contribution is 2.37. The molecule has 3 unspecified atom stereocenters. The second-order valence-electron chi connectivity index (χ2n) is 6.14. The van der Waals surface area contributed by atoms with Crippen LogP contribution in [0.15, 0.2) is 0 Å². The lowest BCUT2D eigenvalue weighted by Crippen LogP contribution is -2.47. The van der Waals surface area contributed by atoms with Gasteiger partial charge < -0.3 is 24.3 Å². The van der Waals surface area contributed by atoms with Crippen LogP contribution >= 0.6 is 0 Å². The Balaban J connectivity index is 1.79. The largest absolute Gasteiger partial charge is 0.382 e. The molecule has 124 valence electrons. The number of hydrogen-bond acceptors (Lipinski definition) is 5. The second kappa shape index (κ2) is 9.06. The van der Waals surface area contributed by atoms with E-state index in [-0.39, 0.29) is 5.60 Å². The Morgan fingerprint density at radius 1 is 1.29 bits per heavy atom. The molecule has 2 aliphatic rings. The lowest BCUT2D eigenvalue weighted by Gasteiger charge is -2.40. The number of ether oxygens (including phenoxy) is 4. The van der Waals surface area contributed by atoms with E-state index in [1.165, 1.54) is 0 Å². The molecule has 0 aromatic heterocycles. The molecule has 21 heavy (non-hydrogen) atoms. The molecule has 0 aliphatic carbocycles. The van der Waals surface area contributed by atoms with Crippen LogP contribution in [0.4, 0.5) is 0 Å². The van der Waals surface area contributed by atoms with Gasteiger partial charge >= 0.3 is 0 Å². The van der Waals surface area contributed by atoms with E-state index in [0.717, 1.165) is 58.7 Å². The topological polar surface area (TPSA) is 49.0 Å². The summed E-state index contributed by atoms with van der Waals surface area (Å²) < 4.78 is 22.3. The van der Waals surface area contributed by atoms with Crippen LogP contribution in [0.5, 0.6) is 0 Å². The van der Waals surface area contributed by atoms with Crippen LogP contribution in [0.25, 0.3) is 0 Å². The zero-order chi connectivity index (χ0) is 15.0. The molecule has 0 aromatic rings. The molecule has 3 atom stereocenters. The van der Waals surface area contributed by atoms with Crippen LogP contribution in [0, 0.1) is 5.92 Å². The smallest absolute Gasteiger partial charge is 0.0939 e. The first kappa shape index (κ1) is 17.2. The first-order chi connectivity index (χ1) is 10.3. The van der Waals surface area contributed by atoms with Crippen molar-refractivity contribution in [1.82, 2.24) is 5.32 Å². The zero-order valence-corrected chi connectivity index (χ0v) is 13.6. The number of hydrogen-bond donors (Lipinski definition) is 1. The zero-order valence-electron chi connectivity index (χ0n) is 13.6. The molecule has 2 fully saturated rings. The minimum absolute atomic E-state index is 0.00645. The Morgan fingerprint density at radius 2 is 2.19 bits per heavy atom. The van der Waals surface area contributed by atoms with Crippen LogP contribution in [0.1, 0.15) is 32.6 Å². The van der Waals surface area contributed by atoms with Crippen molar-refractivity contribution in [2.24, 2.45) is 5.92 Å². The minimum Gasteiger partial charge on any atom is -0.382 e. The van der Waals surface area contributed by atoms with Crippen molar-refractivity contribution in [1.29, 1.82) is 0 Å². The third kappa shape index (κ3) is 5.18. The summed E-state index contributed by atoms with van der Waals surface area (Å²) in [6.45, 7) is 7.80. The van der Waals surface area contributed by atoms with E-state index in [1.54, 1.807) is 7.11 Å². The highest BCUT2D eigenvalue weighted by molar-refractivity contribution is 4.93. The third-order valence-corrected chi connectivity index (χ3v) is 4.64. The monoisotopic (exact) mass is 301 g/mol. The van der Waals surface area contributed by atoms with E-state index < -0.39 is 0 Å². The summed E-state index contributed by atoms with van der Waals surface area (Å²) in [5, 5.41) is 3.64. The van der Waals surface area contributed by atoms with Gasteiger partial charge in [-0.2, -0.15) is 0 Å². The highest BCUT2D eigenvalue weighted by atomic mass is 16.6. The van der Waals surface area contributed by atoms with E-state index in [1.807, 2.05) is 0 Å². The molecular weight excluding hydrogens is 270 g/mol. The van der Waals surface area contributed by atoms with Gasteiger partial charge in [-0.15, -0.1) is 0 Å². The van der Waals surface area contributed by atoms with Crippen molar-refractivity contribution >= 4 is 0 Å². The molecule has 1 spiro atoms. The summed E-state index contributed by atoms with van der Waals surface area (Å²) in [6.07, 6.45) is 4.35. The van der Waals surface area contributed by atoms with Gasteiger partial charge in [0.15, 0.2) is 0 Å². The van der Waals surface area contributed by atoms with Gasteiger partial charge in [-0.1, -0.05) is 6.92 Å². The van der Waals surface area contributed by atoms with E-state index in [4.69, 9.17) is 18.9 Å². The molecule has 0 radical (unpaired) electrons. The van der Waals surface area contributed by atoms with Gasteiger partial charge in [-0.3, -0.25) is 0 Å². The third-order valence-electron chi connectivity index (χ3n) is 4.64. The molecule has 0 saturated carbocycles. The summed E-state index contributed by atoms with van der Waals surface area (Å²) in [5.41, 5.74) is -0.00645. The Morgan fingerprint density at radius 3 is 2.90 bits per heavy atom. The molecule has 0 aromatic carbocycles. The molecule has 2 aliphatic heterocycles. The highest BCUT2D eigenvalue weighted by Gasteiger charge is 2.42. The molecule has 2 heterocycles. The summed E-state index contributed by atoms with van der Waals surface area (Å²) in [5.74, 6) is 0.659. The predicted octanol–water partition coefficient (Wildman–Crippen LogP) is 1.60. The summed E-state index contributed by atoms with van der Waals surface area (Å²) in [7, 11) is 1.70. The van der Waals surface area contributed by atoms with E-state index >= 15 is 0 Å². The fourth-order valence-corrected chi connectivity index (χ4v) is 3.49. The van der Waals surface area contributed by atoms with Gasteiger partial charge in [0.1, 0.15) is 0 Å². The Bertz CT molecular complexity index is 281. The van der Waals surface area contributed by atoms with Crippen LogP contribution in [0.3, 0.4) is 0 Å². The molecule has 5 nitrogen and oxygen atoms in total. The van der Waals surface area contributed by atoms with Crippen LogP contribution in [0.2, 0.25) is 0 Å². The first-order valence-corrected chi connectivity index (χ1v) is 8.31. The average molecular weight is 301 g/mol. The van der Waals surface area contributed by atoms with Gasteiger partial charge in [0.25, 0.3) is 0 Å². The minimum atomic E-state index is -0.00645. The normalized spacial score (nSPS) is 30.9. The van der Waals surface area contributed by atoms with Gasteiger partial charge in [-0.25, -0.2) is 0 Å². The Labute approximate surface area is 128 Å². The average Bonchev–Trinajstić information content (AvgIpc) is 2.94. The molecule has 2 rings (SSSR count). The Kier molecular flexibility index (Phi) is 7.40. The quantitative estimate of drug-likeness (QED) is 0.656. The fourth-order valence-electron chi connectivity index (χ4n) is 3.49. The lowest BCUT2D eigenvalue weighted by molar-refractivity contribution is -0.104. The van der Waals surface area contributed by atoms with Crippen molar-refractivity contribution in [2.75, 3.05) is 53.3 Å². The Hall–Kier alpha value is -0.200. The molecule has 0 amide bonds. The van der Waals surface area contributed by atoms with Crippen LogP contribution in [-0.4, -0.2) is 64.9 Å². The summed E-state index contributed by atoms with van der Waals surface area (Å²) in [6, 6.07) is 0.513. The molecular formula is C16H31NO4. The van der Waals surface area contributed by atoms with Gasteiger partial charge in [0.2, 0.25) is 0 Å². The van der Waals surface area contributed by atoms with Crippen LogP contribution in [-0.2, 0) is 18.9 Å². The van der Waals surface area contributed by atoms with Crippen LogP contribution < -0.4 is 5.32 Å². The summed E-state index contributed by atoms with van der Waals surface area (Å²) in [4.78, 5) is 0. The van der Waals surface area contributed by atoms with Gasteiger partial charge in [0.05, 0.1) is 25.4 Å². The maximum absolute atomic E-state index is 6.04. The molecule has 5 heteroatoms. The number of rotatable bonds is 9. The molecule has 0 bridgehead atoms. The lowest BCUT2D eigenvalue weighted by atomic mass is 9.80. The van der Waals surface area contributed by atoms with E-state index in [9.17, 15) is 0 Å². The van der Waals surface area contributed by atoms with E-state index in [0.29, 0.717) is 25.2 Å². The van der Waals surface area contributed by atoms with Gasteiger partial charge in [0, 0.05) is 39.4 Å². The van der Waals surface area contributed by atoms with E-state index in [2.05, 4.69) is 12.2 Å². The van der Waals surface area contributed by atoms with Crippen molar-refractivity contribution in [3.05, 3.63) is 0 Å². The van der Waals surface area contributed by atoms with Crippen molar-refractivity contribution in [2.45, 2.75) is 44.2 Å². The first-order valence-electron chi connectivity index (χ1n) is 8.31. The van der Waals surface area contributed by atoms with Gasteiger partial charge in [-0.05, 0) is 31.7 Å². The van der Waals surface area contributed by atoms with Crippen molar-refractivity contribution < 1.29 is 18.9 Å². The maximum atomic E-state index is 6.04. The number of methoxy groups -OCH3 is 1. The predicted molar refractivity (Wildman–Crippen MR) is 81.6 cm³/mol. The van der Waals surface area contributed by atoms with Crippen molar-refractivity contribution in [3.8, 4) is 0 Å².